The predicted molar refractivity (Wildman–Crippen MR) is 127 cm³/mol. The first-order valence-corrected chi connectivity index (χ1v) is 12.1. The van der Waals surface area contributed by atoms with Crippen LogP contribution in [0.3, 0.4) is 0 Å². The Labute approximate surface area is 204 Å². The number of nitrogens with zero attached hydrogens (tertiary/aromatic N) is 1. The minimum atomic E-state index is 0.275. The van der Waals surface area contributed by atoms with E-state index in [9.17, 15) is 0 Å². The van der Waals surface area contributed by atoms with Gasteiger partial charge < -0.3 is 32.9 Å². The number of rotatable bonds is 4. The fourth-order valence-electron chi connectivity index (χ4n) is 6.43. The number of ether oxygens (including phenoxy) is 6. The van der Waals surface area contributed by atoms with E-state index in [1.54, 1.807) is 14.2 Å². The summed E-state index contributed by atoms with van der Waals surface area (Å²) in [4.78, 5) is 0. The fourth-order valence-corrected chi connectivity index (χ4v) is 6.43. The van der Waals surface area contributed by atoms with E-state index >= 15 is 0 Å². The molecule has 0 radical (unpaired) electrons. The van der Waals surface area contributed by atoms with Crippen molar-refractivity contribution in [3.8, 4) is 34.5 Å². The molecule has 0 bridgehead atoms. The Balaban J connectivity index is 1.39. The van der Waals surface area contributed by atoms with Gasteiger partial charge in [-0.1, -0.05) is 12.1 Å². The van der Waals surface area contributed by atoms with Gasteiger partial charge in [0.15, 0.2) is 34.5 Å². The van der Waals surface area contributed by atoms with E-state index in [0.29, 0.717) is 0 Å². The molecule has 7 heteroatoms. The first-order valence-electron chi connectivity index (χ1n) is 12.1. The zero-order chi connectivity index (χ0) is 23.6. The topological polar surface area (TPSA) is 55.4 Å². The Morgan fingerprint density at radius 2 is 1.71 bits per heavy atom. The van der Waals surface area contributed by atoms with Crippen LogP contribution in [0, 0.1) is 0 Å². The minimum absolute atomic E-state index is 0.275. The van der Waals surface area contributed by atoms with Crippen molar-refractivity contribution in [3.05, 3.63) is 70.3 Å². The van der Waals surface area contributed by atoms with Crippen molar-refractivity contribution in [3.63, 3.8) is 0 Å². The first-order chi connectivity index (χ1) is 17.2. The monoisotopic (exact) mass is 474 g/mol. The maximum atomic E-state index is 5.97. The molecule has 180 valence electrons. The summed E-state index contributed by atoms with van der Waals surface area (Å²) in [5, 5.41) is 0. The molecule has 4 aliphatic rings. The summed E-state index contributed by atoms with van der Waals surface area (Å²) in [7, 11) is 3.41. The molecule has 0 fully saturated rings. The summed E-state index contributed by atoms with van der Waals surface area (Å²) < 4.78 is 35.5. The molecule has 35 heavy (non-hydrogen) atoms. The smallest absolute Gasteiger partial charge is 0.231 e. The van der Waals surface area contributed by atoms with Crippen molar-refractivity contribution >= 4 is 0 Å². The number of para-hydroxylation sites is 1. The van der Waals surface area contributed by atoms with Crippen LogP contribution in [0.15, 0.2) is 42.5 Å². The quantitative estimate of drug-likeness (QED) is 0.518. The minimum Gasteiger partial charge on any atom is -0.493 e. The van der Waals surface area contributed by atoms with Crippen molar-refractivity contribution in [2.75, 3.05) is 34.4 Å². The van der Waals surface area contributed by atoms with E-state index in [2.05, 4.69) is 30.3 Å². The molecule has 2 unspecified atom stereocenters. The summed E-state index contributed by atoms with van der Waals surface area (Å²) >= 11 is 0. The van der Waals surface area contributed by atoms with Crippen LogP contribution >= 0.6 is 0 Å². The standard InChI is InChI=1S/C28H28NO6/c1-30-23-5-3-4-19(27(23)31-2)13-29-9-8-18-11-25-26(34-15-33-25)12-20(18)22(29)10-17-6-7-24-28(21(17)14-29)35-16-32-24/h3-7,11-12,22H,8-10,13-16H2,1-2H3/q+1. The maximum absolute atomic E-state index is 5.97. The van der Waals surface area contributed by atoms with E-state index < -0.39 is 0 Å². The Morgan fingerprint density at radius 3 is 2.57 bits per heavy atom. The van der Waals surface area contributed by atoms with Crippen molar-refractivity contribution in [2.24, 2.45) is 0 Å². The van der Waals surface area contributed by atoms with Crippen LogP contribution in [0.2, 0.25) is 0 Å². The van der Waals surface area contributed by atoms with E-state index in [4.69, 9.17) is 28.4 Å². The lowest BCUT2D eigenvalue weighted by molar-refractivity contribution is -0.985. The molecule has 0 amide bonds. The molecule has 4 aliphatic heterocycles. The van der Waals surface area contributed by atoms with Crippen LogP contribution in [0.5, 0.6) is 34.5 Å². The summed E-state index contributed by atoms with van der Waals surface area (Å²) in [6.45, 7) is 3.26. The van der Waals surface area contributed by atoms with Crippen LogP contribution < -0.4 is 28.4 Å². The molecule has 0 aromatic heterocycles. The highest BCUT2D eigenvalue weighted by atomic mass is 16.7. The first kappa shape index (κ1) is 20.8. The zero-order valence-electron chi connectivity index (χ0n) is 20.0. The number of fused-ring (bicyclic) bond motifs is 7. The van der Waals surface area contributed by atoms with Crippen LogP contribution in [0.4, 0.5) is 0 Å². The number of methoxy groups -OCH3 is 2. The molecule has 7 rings (SSSR count). The molecule has 0 aliphatic carbocycles. The predicted octanol–water partition coefficient (Wildman–Crippen LogP) is 4.53. The Hall–Kier alpha value is -3.58. The van der Waals surface area contributed by atoms with E-state index in [-0.39, 0.29) is 19.6 Å². The van der Waals surface area contributed by atoms with Gasteiger partial charge in [-0.05, 0) is 41.5 Å². The molecule has 0 saturated heterocycles. The van der Waals surface area contributed by atoms with Crippen LogP contribution in [0.1, 0.15) is 33.9 Å². The second kappa shape index (κ2) is 7.71. The fraction of sp³-hybridized carbons (Fsp3) is 0.357. The van der Waals surface area contributed by atoms with Gasteiger partial charge >= 0.3 is 0 Å². The molecule has 0 saturated carbocycles. The molecule has 3 aromatic rings. The lowest BCUT2D eigenvalue weighted by Gasteiger charge is -2.51. The highest BCUT2D eigenvalue weighted by Gasteiger charge is 2.48. The molecule has 7 nitrogen and oxygen atoms in total. The Morgan fingerprint density at radius 1 is 0.886 bits per heavy atom. The highest BCUT2D eigenvalue weighted by molar-refractivity contribution is 5.55. The molecular weight excluding hydrogens is 446 g/mol. The van der Waals surface area contributed by atoms with Crippen LogP contribution in [-0.4, -0.2) is 38.8 Å². The number of benzene rings is 3. The summed E-state index contributed by atoms with van der Waals surface area (Å²) in [6.07, 6.45) is 1.89. The second-order valence-electron chi connectivity index (χ2n) is 9.72. The third-order valence-electron chi connectivity index (χ3n) is 8.08. The molecule has 2 atom stereocenters. The Bertz CT molecular complexity index is 1340. The zero-order valence-corrected chi connectivity index (χ0v) is 20.0. The van der Waals surface area contributed by atoms with Crippen molar-refractivity contribution in [1.29, 1.82) is 0 Å². The van der Waals surface area contributed by atoms with Crippen LogP contribution in [0.25, 0.3) is 0 Å². The van der Waals surface area contributed by atoms with Gasteiger partial charge in [0.2, 0.25) is 13.6 Å². The van der Waals surface area contributed by atoms with Gasteiger partial charge in [0, 0.05) is 18.4 Å². The van der Waals surface area contributed by atoms with Gasteiger partial charge in [-0.25, -0.2) is 0 Å². The molecule has 0 spiro atoms. The average Bonchev–Trinajstić information content (AvgIpc) is 3.55. The number of hydrogen-bond acceptors (Lipinski definition) is 6. The lowest BCUT2D eigenvalue weighted by Crippen LogP contribution is -2.55. The summed E-state index contributed by atoms with van der Waals surface area (Å²) in [6, 6.07) is 15.1. The van der Waals surface area contributed by atoms with Gasteiger partial charge in [0.05, 0.1) is 31.9 Å². The van der Waals surface area contributed by atoms with Gasteiger partial charge in [-0.3, -0.25) is 0 Å². The highest BCUT2D eigenvalue weighted by Crippen LogP contribution is 2.52. The molecule has 0 N–H and O–H groups in total. The SMILES string of the molecule is COc1cccc(C[N+]23CCc4cc5c(cc4C2Cc2ccc4c(c2C3)OCO4)OCO5)c1OC. The lowest BCUT2D eigenvalue weighted by atomic mass is 9.80. The van der Waals surface area contributed by atoms with Gasteiger partial charge in [0.1, 0.15) is 19.1 Å². The molecular formula is C28H28NO6+. The largest absolute Gasteiger partial charge is 0.493 e. The van der Waals surface area contributed by atoms with Gasteiger partial charge in [-0.15, -0.1) is 0 Å². The van der Waals surface area contributed by atoms with Gasteiger partial charge in [-0.2, -0.15) is 0 Å². The van der Waals surface area contributed by atoms with Crippen molar-refractivity contribution in [1.82, 2.24) is 0 Å². The molecule has 4 heterocycles. The second-order valence-corrected chi connectivity index (χ2v) is 9.72. The third-order valence-corrected chi connectivity index (χ3v) is 8.08. The third kappa shape index (κ3) is 3.07. The number of hydrogen-bond donors (Lipinski definition) is 0. The van der Waals surface area contributed by atoms with Gasteiger partial charge in [0.25, 0.3) is 0 Å². The molecule has 3 aromatic carbocycles. The van der Waals surface area contributed by atoms with E-state index in [0.717, 1.165) is 77.0 Å². The number of quaternary nitrogens is 1. The average molecular weight is 475 g/mol. The normalized spacial score (nSPS) is 22.7. The Kier molecular flexibility index (Phi) is 4.58. The van der Waals surface area contributed by atoms with Crippen molar-refractivity contribution in [2.45, 2.75) is 32.0 Å². The summed E-state index contributed by atoms with van der Waals surface area (Å²) in [5.41, 5.74) is 6.45. The summed E-state index contributed by atoms with van der Waals surface area (Å²) in [5.74, 6) is 5.03. The van der Waals surface area contributed by atoms with E-state index in [1.165, 1.54) is 22.3 Å². The maximum Gasteiger partial charge on any atom is 0.231 e. The van der Waals surface area contributed by atoms with E-state index in [1.807, 2.05) is 12.1 Å². The van der Waals surface area contributed by atoms with Crippen LogP contribution in [-0.2, 0) is 25.9 Å². The van der Waals surface area contributed by atoms with Crippen molar-refractivity contribution < 1.29 is 32.9 Å².